The molecule has 0 fully saturated rings. The molecule has 1 heterocycles. The van der Waals surface area contributed by atoms with Crippen LogP contribution in [0.2, 0.25) is 0 Å². The van der Waals surface area contributed by atoms with Gasteiger partial charge in [0, 0.05) is 6.07 Å². The average molecular weight is 281 g/mol. The number of hydrogen-bond acceptors (Lipinski definition) is 3. The average Bonchev–Trinajstić information content (AvgIpc) is 2.78. The fourth-order valence-corrected chi connectivity index (χ4v) is 1.81. The van der Waals surface area contributed by atoms with E-state index in [0.29, 0.717) is 11.4 Å². The second-order valence-electron chi connectivity index (χ2n) is 3.13. The number of hydrogen-bond donors (Lipinski definition) is 0. The number of halogens is 1. The summed E-state index contributed by atoms with van der Waals surface area (Å²) in [5.41, 5.74) is 1.34. The quantitative estimate of drug-likeness (QED) is 0.812. The van der Waals surface area contributed by atoms with Crippen LogP contribution in [-0.2, 0) is 0 Å². The van der Waals surface area contributed by atoms with Gasteiger partial charge in [0.05, 0.1) is 29.8 Å². The van der Waals surface area contributed by atoms with E-state index in [0.717, 1.165) is 16.4 Å². The van der Waals surface area contributed by atoms with Crippen LogP contribution in [-0.4, -0.2) is 22.9 Å². The normalized spacial score (nSPS) is 10.1. The van der Waals surface area contributed by atoms with Crippen LogP contribution in [0.25, 0.3) is 5.69 Å². The van der Waals surface area contributed by atoms with Crippen molar-refractivity contribution in [3.63, 3.8) is 0 Å². The largest absolute Gasteiger partial charge is 0.495 e. The molecular formula is C11H9BrN2O2. The molecule has 0 aliphatic heterocycles. The van der Waals surface area contributed by atoms with Crippen LogP contribution in [0.3, 0.4) is 0 Å². The number of methoxy groups -OCH3 is 1. The molecule has 0 amide bonds. The van der Waals surface area contributed by atoms with Gasteiger partial charge in [-0.25, -0.2) is 4.98 Å². The summed E-state index contributed by atoms with van der Waals surface area (Å²) in [4.78, 5) is 14.7. The lowest BCUT2D eigenvalue weighted by Crippen LogP contribution is -1.98. The third-order valence-corrected chi connectivity index (χ3v) is 2.86. The van der Waals surface area contributed by atoms with E-state index in [4.69, 9.17) is 4.74 Å². The van der Waals surface area contributed by atoms with E-state index in [9.17, 15) is 4.79 Å². The van der Waals surface area contributed by atoms with Crippen molar-refractivity contribution in [2.45, 2.75) is 0 Å². The molecule has 2 rings (SSSR count). The van der Waals surface area contributed by atoms with Gasteiger partial charge >= 0.3 is 0 Å². The smallest absolute Gasteiger partial charge is 0.168 e. The molecule has 0 N–H and O–H groups in total. The van der Waals surface area contributed by atoms with Crippen molar-refractivity contribution in [1.29, 1.82) is 0 Å². The molecule has 0 atom stereocenters. The maximum Gasteiger partial charge on any atom is 0.168 e. The predicted molar refractivity (Wildman–Crippen MR) is 63.2 cm³/mol. The summed E-state index contributed by atoms with van der Waals surface area (Å²) < 4.78 is 7.75. The highest BCUT2D eigenvalue weighted by atomic mass is 79.9. The maximum atomic E-state index is 10.8. The summed E-state index contributed by atoms with van der Waals surface area (Å²) in [6.45, 7) is 0. The number of benzene rings is 1. The fourth-order valence-electron chi connectivity index (χ4n) is 1.41. The Kier molecular flexibility index (Phi) is 3.05. The topological polar surface area (TPSA) is 44.1 Å². The molecule has 0 saturated carbocycles. The lowest BCUT2D eigenvalue weighted by Gasteiger charge is -2.08. The van der Waals surface area contributed by atoms with Gasteiger partial charge in [-0.05, 0) is 28.1 Å². The zero-order valence-corrected chi connectivity index (χ0v) is 10.1. The first-order valence-corrected chi connectivity index (χ1v) is 5.37. The first-order chi connectivity index (χ1) is 7.76. The van der Waals surface area contributed by atoms with Crippen molar-refractivity contribution in [2.24, 2.45) is 0 Å². The Morgan fingerprint density at radius 2 is 2.31 bits per heavy atom. The minimum Gasteiger partial charge on any atom is -0.495 e. The van der Waals surface area contributed by atoms with Crippen LogP contribution in [0.1, 0.15) is 10.5 Å². The van der Waals surface area contributed by atoms with Gasteiger partial charge < -0.3 is 4.74 Å². The molecular weight excluding hydrogens is 272 g/mol. The summed E-state index contributed by atoms with van der Waals surface area (Å²) in [5.74, 6) is 0.711. The molecule has 0 radical (unpaired) electrons. The summed E-state index contributed by atoms with van der Waals surface area (Å²) >= 11 is 3.37. The zero-order valence-electron chi connectivity index (χ0n) is 8.55. The SMILES string of the molecule is COc1cc(-n2cncc2C=O)ccc1Br. The van der Waals surface area contributed by atoms with Gasteiger partial charge in [-0.15, -0.1) is 0 Å². The van der Waals surface area contributed by atoms with E-state index < -0.39 is 0 Å². The standard InChI is InChI=1S/C11H9BrN2O2/c1-16-11-4-8(2-3-10(11)12)14-7-13-5-9(14)6-15/h2-7H,1H3. The zero-order chi connectivity index (χ0) is 11.5. The molecule has 82 valence electrons. The third kappa shape index (κ3) is 1.86. The van der Waals surface area contributed by atoms with Gasteiger partial charge in [0.15, 0.2) is 6.29 Å². The van der Waals surface area contributed by atoms with E-state index in [1.807, 2.05) is 18.2 Å². The van der Waals surface area contributed by atoms with Crippen molar-refractivity contribution >= 4 is 22.2 Å². The van der Waals surface area contributed by atoms with Gasteiger partial charge in [-0.2, -0.15) is 0 Å². The van der Waals surface area contributed by atoms with E-state index in [-0.39, 0.29) is 0 Å². The summed E-state index contributed by atoms with van der Waals surface area (Å²) in [6, 6.07) is 5.57. The molecule has 0 unspecified atom stereocenters. The molecule has 0 spiro atoms. The molecule has 16 heavy (non-hydrogen) atoms. The number of nitrogens with zero attached hydrogens (tertiary/aromatic N) is 2. The van der Waals surface area contributed by atoms with E-state index in [1.165, 1.54) is 6.20 Å². The molecule has 0 saturated heterocycles. The Bertz CT molecular complexity index is 522. The molecule has 0 aliphatic rings. The van der Waals surface area contributed by atoms with Gasteiger partial charge in [-0.1, -0.05) is 0 Å². The molecule has 0 bridgehead atoms. The van der Waals surface area contributed by atoms with Crippen molar-refractivity contribution in [1.82, 2.24) is 9.55 Å². The van der Waals surface area contributed by atoms with Gasteiger partial charge in [-0.3, -0.25) is 9.36 Å². The van der Waals surface area contributed by atoms with Crippen molar-refractivity contribution in [2.75, 3.05) is 7.11 Å². The van der Waals surface area contributed by atoms with Crippen LogP contribution >= 0.6 is 15.9 Å². The molecule has 1 aromatic heterocycles. The van der Waals surface area contributed by atoms with Crippen molar-refractivity contribution in [3.8, 4) is 11.4 Å². The molecule has 2 aromatic rings. The number of ether oxygens (including phenoxy) is 1. The monoisotopic (exact) mass is 280 g/mol. The van der Waals surface area contributed by atoms with Gasteiger partial charge in [0.1, 0.15) is 11.4 Å². The highest BCUT2D eigenvalue weighted by molar-refractivity contribution is 9.10. The number of aldehydes is 1. The minimum atomic E-state index is 0.504. The second-order valence-corrected chi connectivity index (χ2v) is 3.98. The summed E-state index contributed by atoms with van der Waals surface area (Å²) in [7, 11) is 1.60. The Morgan fingerprint density at radius 1 is 1.50 bits per heavy atom. The molecule has 0 aliphatic carbocycles. The van der Waals surface area contributed by atoms with Crippen LogP contribution < -0.4 is 4.74 Å². The number of carbonyl (C=O) groups is 1. The maximum absolute atomic E-state index is 10.8. The van der Waals surface area contributed by atoms with Crippen molar-refractivity contribution < 1.29 is 9.53 Å². The lowest BCUT2D eigenvalue weighted by atomic mass is 10.3. The Hall–Kier alpha value is -1.62. The predicted octanol–water partition coefficient (Wildman–Crippen LogP) is 2.46. The van der Waals surface area contributed by atoms with E-state index >= 15 is 0 Å². The van der Waals surface area contributed by atoms with E-state index in [2.05, 4.69) is 20.9 Å². The van der Waals surface area contributed by atoms with Crippen molar-refractivity contribution in [3.05, 3.63) is 40.9 Å². The minimum absolute atomic E-state index is 0.504. The first kappa shape index (κ1) is 10.9. The van der Waals surface area contributed by atoms with Crippen LogP contribution in [0, 0.1) is 0 Å². The third-order valence-electron chi connectivity index (χ3n) is 2.20. The van der Waals surface area contributed by atoms with Crippen LogP contribution in [0.4, 0.5) is 0 Å². The number of aromatic nitrogens is 2. The highest BCUT2D eigenvalue weighted by Crippen LogP contribution is 2.27. The Balaban J connectivity index is 2.52. The second kappa shape index (κ2) is 4.49. The number of imidazole rings is 1. The summed E-state index contributed by atoms with van der Waals surface area (Å²) in [6.07, 6.45) is 3.87. The van der Waals surface area contributed by atoms with Gasteiger partial charge in [0.25, 0.3) is 0 Å². The highest BCUT2D eigenvalue weighted by Gasteiger charge is 2.06. The molecule has 1 aromatic carbocycles. The number of carbonyl (C=O) groups excluding carboxylic acids is 1. The molecule has 4 nitrogen and oxygen atoms in total. The Morgan fingerprint density at radius 3 is 3.00 bits per heavy atom. The van der Waals surface area contributed by atoms with Crippen LogP contribution in [0.15, 0.2) is 35.2 Å². The Labute approximate surface area is 101 Å². The van der Waals surface area contributed by atoms with E-state index in [1.54, 1.807) is 18.0 Å². The lowest BCUT2D eigenvalue weighted by molar-refractivity contribution is 0.111. The summed E-state index contributed by atoms with van der Waals surface area (Å²) in [5, 5.41) is 0. The molecule has 5 heteroatoms. The van der Waals surface area contributed by atoms with Gasteiger partial charge in [0.2, 0.25) is 0 Å². The fraction of sp³-hybridized carbons (Fsp3) is 0.0909. The van der Waals surface area contributed by atoms with Crippen LogP contribution in [0.5, 0.6) is 5.75 Å². The first-order valence-electron chi connectivity index (χ1n) is 4.57. The number of rotatable bonds is 3.